The number of carbonyl (C=O) groups excluding carboxylic acids is 3. The summed E-state index contributed by atoms with van der Waals surface area (Å²) in [4.78, 5) is 48.0. The minimum absolute atomic E-state index is 0.0497. The standard InChI is InChI=1S/C29H28F4N6O6/c1-16(40)26(34)18-13-17(44-15-23-35-10-4-11-36-23)7-8-19(18)37-14-24(41)39-12-9-22(43-2)27(39)28(42)38-20-5-3-6-21(25(20)30)45-29(31,32)33/h3-8,10-11,13,22,27,34,37H,9,12,14-15H2,1-2H3,(H,38,42)/p+1/t22?,27-/m0/s1. The number of rotatable bonds is 12. The van der Waals surface area contributed by atoms with Gasteiger partial charge in [0.2, 0.25) is 23.3 Å². The molecule has 0 bridgehead atoms. The molecule has 1 aliphatic rings. The number of anilines is 2. The number of benzene rings is 2. The number of ether oxygens (including phenoxy) is 3. The highest BCUT2D eigenvalue weighted by Gasteiger charge is 2.42. The summed E-state index contributed by atoms with van der Waals surface area (Å²) in [6, 6.07) is 7.98. The van der Waals surface area contributed by atoms with Gasteiger partial charge in [-0.2, -0.15) is 0 Å². The average molecular weight is 634 g/mol. The first kappa shape index (κ1) is 32.8. The lowest BCUT2D eigenvalue weighted by molar-refractivity contribution is -0.275. The van der Waals surface area contributed by atoms with Crippen LogP contribution in [-0.2, 0) is 25.7 Å². The maximum absolute atomic E-state index is 14.7. The van der Waals surface area contributed by atoms with Crippen LogP contribution in [0.3, 0.4) is 0 Å². The quantitative estimate of drug-likeness (QED) is 0.200. The van der Waals surface area contributed by atoms with Gasteiger partial charge in [0.05, 0.1) is 23.9 Å². The van der Waals surface area contributed by atoms with Crippen molar-refractivity contribution in [2.75, 3.05) is 30.8 Å². The molecule has 1 unspecified atom stereocenters. The van der Waals surface area contributed by atoms with Gasteiger partial charge in [-0.15, -0.1) is 13.2 Å². The molecule has 4 rings (SSSR count). The summed E-state index contributed by atoms with van der Waals surface area (Å²) >= 11 is 0. The fourth-order valence-corrected chi connectivity index (χ4v) is 4.62. The zero-order valence-corrected chi connectivity index (χ0v) is 24.1. The molecule has 4 N–H and O–H groups in total. The first-order valence-corrected chi connectivity index (χ1v) is 13.5. The lowest BCUT2D eigenvalue weighted by atomic mass is 10.0. The molecule has 0 spiro atoms. The number of nitrogens with zero attached hydrogens (tertiary/aromatic N) is 3. The van der Waals surface area contributed by atoms with Crippen LogP contribution < -0.4 is 25.5 Å². The van der Waals surface area contributed by atoms with Crippen molar-refractivity contribution < 1.29 is 51.6 Å². The Balaban J connectivity index is 1.48. The van der Waals surface area contributed by atoms with Gasteiger partial charge >= 0.3 is 6.36 Å². The number of amides is 2. The topological polar surface area (TPSA) is 158 Å². The second kappa shape index (κ2) is 14.1. The van der Waals surface area contributed by atoms with E-state index in [4.69, 9.17) is 14.9 Å². The molecule has 2 aromatic carbocycles. The highest BCUT2D eigenvalue weighted by Crippen LogP contribution is 2.31. The molecule has 3 aromatic rings. The Hall–Kier alpha value is -5.12. The summed E-state index contributed by atoms with van der Waals surface area (Å²) in [5.74, 6) is -3.65. The fourth-order valence-electron chi connectivity index (χ4n) is 4.62. The third-order valence-electron chi connectivity index (χ3n) is 6.76. The van der Waals surface area contributed by atoms with E-state index in [1.54, 1.807) is 30.6 Å². The number of hydrogen-bond donors (Lipinski definition) is 3. The van der Waals surface area contributed by atoms with E-state index in [1.807, 2.05) is 0 Å². The van der Waals surface area contributed by atoms with E-state index in [1.165, 1.54) is 25.0 Å². The van der Waals surface area contributed by atoms with Crippen molar-refractivity contribution in [2.45, 2.75) is 38.5 Å². The van der Waals surface area contributed by atoms with Crippen molar-refractivity contribution >= 4 is 34.7 Å². The SMILES string of the molecule is COC1CCN(C(=O)CNc2ccc(OCc3ncccn3)cc2C(=[NH2+])C(C)=O)[C@@H]1C(=O)Nc1cccc(OC(F)(F)F)c1F. The summed E-state index contributed by atoms with van der Waals surface area (Å²) in [6.07, 6.45) is -2.55. The Labute approximate surface area is 254 Å². The van der Waals surface area contributed by atoms with Crippen LogP contribution in [0.2, 0.25) is 0 Å². The van der Waals surface area contributed by atoms with Crippen LogP contribution >= 0.6 is 0 Å². The largest absolute Gasteiger partial charge is 0.573 e. The van der Waals surface area contributed by atoms with Crippen molar-refractivity contribution in [1.82, 2.24) is 14.9 Å². The van der Waals surface area contributed by atoms with Gasteiger partial charge in [-0.1, -0.05) is 6.07 Å². The number of nitrogens with two attached hydrogens (primary N) is 1. The first-order chi connectivity index (χ1) is 21.4. The summed E-state index contributed by atoms with van der Waals surface area (Å²) in [5.41, 5.74) is -0.0758. The normalized spacial score (nSPS) is 16.2. The van der Waals surface area contributed by atoms with Crippen molar-refractivity contribution in [1.29, 1.82) is 0 Å². The molecule has 0 aliphatic carbocycles. The Morgan fingerprint density at radius 3 is 2.49 bits per heavy atom. The number of ketones is 1. The molecule has 238 valence electrons. The van der Waals surface area contributed by atoms with Gasteiger partial charge in [0.1, 0.15) is 18.4 Å². The molecule has 16 heteroatoms. The number of carbonyl (C=O) groups is 3. The van der Waals surface area contributed by atoms with E-state index in [0.29, 0.717) is 17.3 Å². The Bertz CT molecular complexity index is 1570. The van der Waals surface area contributed by atoms with Crippen LogP contribution in [0.5, 0.6) is 11.5 Å². The van der Waals surface area contributed by atoms with Gasteiger partial charge < -0.3 is 29.7 Å². The lowest BCUT2D eigenvalue weighted by Crippen LogP contribution is -2.49. The molecule has 0 radical (unpaired) electrons. The Morgan fingerprint density at radius 1 is 1.09 bits per heavy atom. The third kappa shape index (κ3) is 8.29. The molecule has 0 saturated carbocycles. The van der Waals surface area contributed by atoms with Crippen LogP contribution in [-0.4, -0.2) is 76.9 Å². The molecule has 1 aromatic heterocycles. The summed E-state index contributed by atoms with van der Waals surface area (Å²) in [7, 11) is 1.33. The molecule has 2 atom stereocenters. The number of Topliss-reactive ketones (excluding diaryl/α,β-unsaturated/α-hetero) is 1. The number of halogens is 4. The van der Waals surface area contributed by atoms with E-state index < -0.39 is 53.4 Å². The van der Waals surface area contributed by atoms with Gasteiger partial charge in [-0.05, 0) is 42.8 Å². The summed E-state index contributed by atoms with van der Waals surface area (Å²) in [6.45, 7) is 1.08. The van der Waals surface area contributed by atoms with Gasteiger partial charge in [-0.3, -0.25) is 19.8 Å². The number of nitrogens with one attached hydrogen (secondary N) is 2. The molecule has 12 nitrogen and oxygen atoms in total. The smallest absolute Gasteiger partial charge is 0.486 e. The summed E-state index contributed by atoms with van der Waals surface area (Å²) in [5, 5.41) is 11.2. The van der Waals surface area contributed by atoms with E-state index in [0.717, 1.165) is 18.2 Å². The molecule has 1 fully saturated rings. The number of hydrogen-bond acceptors (Lipinski definition) is 9. The highest BCUT2D eigenvalue weighted by molar-refractivity contribution is 6.44. The highest BCUT2D eigenvalue weighted by atomic mass is 19.4. The number of methoxy groups -OCH3 is 1. The maximum atomic E-state index is 14.7. The Kier molecular flexibility index (Phi) is 10.3. The van der Waals surface area contributed by atoms with Crippen molar-refractivity contribution in [3.8, 4) is 11.5 Å². The van der Waals surface area contributed by atoms with Gasteiger partial charge in [0, 0.05) is 38.7 Å². The van der Waals surface area contributed by atoms with Crippen LogP contribution in [0.15, 0.2) is 54.9 Å². The number of aromatic nitrogens is 2. The number of alkyl halides is 3. The monoisotopic (exact) mass is 633 g/mol. The van der Waals surface area contributed by atoms with Crippen molar-refractivity contribution in [3.63, 3.8) is 0 Å². The molecule has 2 heterocycles. The minimum Gasteiger partial charge on any atom is -0.486 e. The zero-order valence-electron chi connectivity index (χ0n) is 24.1. The molecular formula is C29H29F4N6O6+. The van der Waals surface area contributed by atoms with E-state index in [9.17, 15) is 31.9 Å². The molecule has 2 amide bonds. The Morgan fingerprint density at radius 2 is 1.82 bits per heavy atom. The summed E-state index contributed by atoms with van der Waals surface area (Å²) < 4.78 is 67.4. The zero-order chi connectivity index (χ0) is 32.7. The lowest BCUT2D eigenvalue weighted by Gasteiger charge is -2.27. The maximum Gasteiger partial charge on any atom is 0.573 e. The van der Waals surface area contributed by atoms with Gasteiger partial charge in [0.25, 0.3) is 0 Å². The van der Waals surface area contributed by atoms with E-state index >= 15 is 0 Å². The van der Waals surface area contributed by atoms with Crippen LogP contribution in [0.1, 0.15) is 24.7 Å². The van der Waals surface area contributed by atoms with Crippen LogP contribution in [0.25, 0.3) is 0 Å². The molecule has 1 aliphatic heterocycles. The second-order valence-electron chi connectivity index (χ2n) is 9.73. The second-order valence-corrected chi connectivity index (χ2v) is 9.73. The van der Waals surface area contributed by atoms with Crippen LogP contribution in [0.4, 0.5) is 28.9 Å². The van der Waals surface area contributed by atoms with Crippen molar-refractivity contribution in [3.05, 3.63) is 72.1 Å². The predicted octanol–water partition coefficient (Wildman–Crippen LogP) is 1.90. The molecular weight excluding hydrogens is 604 g/mol. The van der Waals surface area contributed by atoms with E-state index in [-0.39, 0.29) is 37.4 Å². The third-order valence-corrected chi connectivity index (χ3v) is 6.76. The van der Waals surface area contributed by atoms with E-state index in [2.05, 4.69) is 25.3 Å². The van der Waals surface area contributed by atoms with Gasteiger partial charge in [0.15, 0.2) is 17.4 Å². The number of likely N-dealkylation sites (tertiary alicyclic amines) is 1. The average Bonchev–Trinajstić information content (AvgIpc) is 3.45. The van der Waals surface area contributed by atoms with Crippen molar-refractivity contribution in [2.24, 2.45) is 0 Å². The molecule has 45 heavy (non-hydrogen) atoms. The fraction of sp³-hybridized carbons (Fsp3) is 0.310. The minimum atomic E-state index is -5.15. The first-order valence-electron chi connectivity index (χ1n) is 13.5. The van der Waals surface area contributed by atoms with Gasteiger partial charge in [-0.25, -0.2) is 14.4 Å². The molecule has 1 saturated heterocycles. The predicted molar refractivity (Wildman–Crippen MR) is 151 cm³/mol. The van der Waals surface area contributed by atoms with Crippen LogP contribution in [0, 0.1) is 5.82 Å².